The monoisotopic (exact) mass is 642 g/mol. The van der Waals surface area contributed by atoms with Crippen molar-refractivity contribution in [3.05, 3.63) is 105 Å². The van der Waals surface area contributed by atoms with Crippen molar-refractivity contribution in [2.45, 2.75) is 25.7 Å². The first-order valence-corrected chi connectivity index (χ1v) is 14.8. The number of rotatable bonds is 9. The second-order valence-electron chi connectivity index (χ2n) is 9.08. The molecule has 0 aliphatic rings. The number of benzene rings is 3. The van der Waals surface area contributed by atoms with Crippen molar-refractivity contribution in [3.63, 3.8) is 0 Å². The number of carbonyl (C=O) groups is 1. The van der Waals surface area contributed by atoms with E-state index < -0.39 is 22.5 Å². The van der Waals surface area contributed by atoms with Crippen molar-refractivity contribution in [1.82, 2.24) is 9.99 Å². The lowest BCUT2D eigenvalue weighted by Crippen LogP contribution is -2.39. The Kier molecular flexibility index (Phi) is 9.02. The molecule has 1 aromatic heterocycles. The van der Waals surface area contributed by atoms with Crippen LogP contribution in [0.2, 0.25) is 5.02 Å². The molecule has 1 heterocycles. The van der Waals surface area contributed by atoms with Gasteiger partial charge in [-0.1, -0.05) is 29.3 Å². The number of amides is 1. The molecule has 208 valence electrons. The number of methoxy groups -OCH3 is 1. The van der Waals surface area contributed by atoms with E-state index in [0.29, 0.717) is 20.9 Å². The van der Waals surface area contributed by atoms with Crippen LogP contribution < -0.4 is 14.5 Å². The van der Waals surface area contributed by atoms with Gasteiger partial charge in [0, 0.05) is 27.7 Å². The van der Waals surface area contributed by atoms with Gasteiger partial charge in [0.2, 0.25) is 0 Å². The summed E-state index contributed by atoms with van der Waals surface area (Å²) < 4.78 is 36.2. The van der Waals surface area contributed by atoms with E-state index in [0.717, 1.165) is 32.5 Å². The number of aromatic nitrogens is 1. The van der Waals surface area contributed by atoms with Crippen molar-refractivity contribution >= 4 is 55.4 Å². The van der Waals surface area contributed by atoms with Crippen LogP contribution in [0, 0.1) is 20.8 Å². The predicted molar refractivity (Wildman–Crippen MR) is 162 cm³/mol. The number of ether oxygens (including phenoxy) is 1. The third-order valence-corrected chi connectivity index (χ3v) is 8.91. The van der Waals surface area contributed by atoms with E-state index in [1.54, 1.807) is 30.3 Å². The number of hydrogen-bond acceptors (Lipinski definition) is 5. The molecular weight excluding hydrogens is 616 g/mol. The van der Waals surface area contributed by atoms with Gasteiger partial charge in [0.25, 0.3) is 15.9 Å². The van der Waals surface area contributed by atoms with Gasteiger partial charge in [-0.15, -0.1) is 0 Å². The van der Waals surface area contributed by atoms with Crippen molar-refractivity contribution in [2.24, 2.45) is 5.10 Å². The van der Waals surface area contributed by atoms with Gasteiger partial charge in [0.1, 0.15) is 12.3 Å². The maximum Gasteiger partial charge on any atom is 0.264 e. The van der Waals surface area contributed by atoms with Gasteiger partial charge >= 0.3 is 0 Å². The molecule has 0 aliphatic heterocycles. The summed E-state index contributed by atoms with van der Waals surface area (Å²) in [4.78, 5) is 13.0. The molecule has 0 unspecified atom stereocenters. The molecule has 0 bridgehead atoms. The molecule has 1 amide bonds. The zero-order chi connectivity index (χ0) is 29.0. The van der Waals surface area contributed by atoms with Crippen molar-refractivity contribution in [1.29, 1.82) is 0 Å². The van der Waals surface area contributed by atoms with Gasteiger partial charge < -0.3 is 9.30 Å². The first kappa shape index (κ1) is 29.4. The van der Waals surface area contributed by atoms with Crippen LogP contribution in [0.15, 0.2) is 87.3 Å². The third kappa shape index (κ3) is 6.41. The second-order valence-corrected chi connectivity index (χ2v) is 12.2. The summed E-state index contributed by atoms with van der Waals surface area (Å²) in [5, 5.41) is 4.76. The summed E-state index contributed by atoms with van der Waals surface area (Å²) in [6.45, 7) is 5.34. The molecule has 0 saturated carbocycles. The number of nitrogens with zero attached hydrogens (tertiary/aromatic N) is 3. The average Bonchev–Trinajstić information content (AvgIpc) is 3.20. The largest absolute Gasteiger partial charge is 0.496 e. The number of anilines is 1. The zero-order valence-corrected chi connectivity index (χ0v) is 25.5. The summed E-state index contributed by atoms with van der Waals surface area (Å²) in [5.74, 6) is -0.108. The number of aryl methyl sites for hydroxylation is 2. The molecule has 8 nitrogen and oxygen atoms in total. The van der Waals surface area contributed by atoms with Crippen LogP contribution in [0.1, 0.15) is 22.5 Å². The molecule has 0 radical (unpaired) electrons. The van der Waals surface area contributed by atoms with Gasteiger partial charge in [-0.05, 0) is 97.4 Å². The smallest absolute Gasteiger partial charge is 0.264 e. The number of sulfonamides is 1. The fraction of sp³-hybridized carbons (Fsp3) is 0.172. The minimum atomic E-state index is -4.11. The quantitative estimate of drug-likeness (QED) is 0.174. The number of halogens is 2. The number of carbonyl (C=O) groups excluding carboxylic acids is 1. The van der Waals surface area contributed by atoms with E-state index in [1.165, 1.54) is 25.5 Å². The maximum atomic E-state index is 13.7. The predicted octanol–water partition coefficient (Wildman–Crippen LogP) is 6.17. The van der Waals surface area contributed by atoms with Gasteiger partial charge in [-0.2, -0.15) is 5.10 Å². The average molecular weight is 644 g/mol. The van der Waals surface area contributed by atoms with Gasteiger partial charge in [-0.3, -0.25) is 9.10 Å². The molecule has 11 heteroatoms. The molecule has 0 atom stereocenters. The Morgan fingerprint density at radius 1 is 1.05 bits per heavy atom. The Morgan fingerprint density at radius 2 is 1.73 bits per heavy atom. The Hall–Kier alpha value is -3.60. The molecule has 40 heavy (non-hydrogen) atoms. The Morgan fingerprint density at radius 3 is 2.35 bits per heavy atom. The van der Waals surface area contributed by atoms with Gasteiger partial charge in [0.15, 0.2) is 0 Å². The molecule has 4 rings (SSSR count). The molecule has 3 aromatic carbocycles. The summed E-state index contributed by atoms with van der Waals surface area (Å²) in [6.07, 6.45) is 1.54. The van der Waals surface area contributed by atoms with E-state index in [2.05, 4.69) is 31.0 Å². The molecule has 0 saturated heterocycles. The fourth-order valence-corrected chi connectivity index (χ4v) is 6.47. The number of nitrogens with one attached hydrogen (secondary N) is 1. The fourth-order valence-electron chi connectivity index (χ4n) is 4.21. The summed E-state index contributed by atoms with van der Waals surface area (Å²) in [7, 11) is -2.61. The van der Waals surface area contributed by atoms with Crippen molar-refractivity contribution in [3.8, 4) is 11.4 Å². The van der Waals surface area contributed by atoms with Crippen LogP contribution in [-0.4, -0.2) is 38.8 Å². The maximum absolute atomic E-state index is 13.7. The first-order chi connectivity index (χ1) is 19.0. The minimum Gasteiger partial charge on any atom is -0.496 e. The highest BCUT2D eigenvalue weighted by molar-refractivity contribution is 9.10. The van der Waals surface area contributed by atoms with E-state index in [9.17, 15) is 13.2 Å². The standard InChI is InChI=1S/C29H28BrClN4O4S/c1-19-5-9-24(10-6-19)34(40(37,38)26-13-14-28(39-4)27(30)16-26)18-29(36)33-32-17-22-15-20(2)35(21(22)3)25-11-7-23(31)8-12-25/h5-17H,18H2,1-4H3,(H,33,36)/b32-17+. The topological polar surface area (TPSA) is 93.0 Å². The highest BCUT2D eigenvalue weighted by atomic mass is 79.9. The van der Waals surface area contributed by atoms with Crippen molar-refractivity contribution in [2.75, 3.05) is 18.0 Å². The Labute approximate surface area is 247 Å². The number of hydrogen-bond donors (Lipinski definition) is 1. The summed E-state index contributed by atoms with van der Waals surface area (Å²) in [6, 6.07) is 20.8. The lowest BCUT2D eigenvalue weighted by atomic mass is 10.2. The van der Waals surface area contributed by atoms with Crippen LogP contribution in [0.4, 0.5) is 5.69 Å². The molecule has 1 N–H and O–H groups in total. The SMILES string of the molecule is COc1ccc(S(=O)(=O)N(CC(=O)N/N=C/c2cc(C)n(-c3ccc(Cl)cc3)c2C)c2ccc(C)cc2)cc1Br. The van der Waals surface area contributed by atoms with Crippen LogP contribution in [0.25, 0.3) is 5.69 Å². The van der Waals surface area contributed by atoms with Crippen LogP contribution in [-0.2, 0) is 14.8 Å². The first-order valence-electron chi connectivity index (χ1n) is 12.2. The lowest BCUT2D eigenvalue weighted by molar-refractivity contribution is -0.119. The highest BCUT2D eigenvalue weighted by Gasteiger charge is 2.28. The molecular formula is C29H28BrClN4O4S. The van der Waals surface area contributed by atoms with Crippen LogP contribution >= 0.6 is 27.5 Å². The molecule has 0 spiro atoms. The Balaban J connectivity index is 1.56. The number of hydrazone groups is 1. The summed E-state index contributed by atoms with van der Waals surface area (Å²) >= 11 is 9.37. The lowest BCUT2D eigenvalue weighted by Gasteiger charge is -2.24. The van der Waals surface area contributed by atoms with E-state index in [4.69, 9.17) is 16.3 Å². The van der Waals surface area contributed by atoms with E-state index in [1.807, 2.05) is 51.1 Å². The van der Waals surface area contributed by atoms with Crippen LogP contribution in [0.5, 0.6) is 5.75 Å². The van der Waals surface area contributed by atoms with E-state index in [-0.39, 0.29) is 4.90 Å². The van der Waals surface area contributed by atoms with Gasteiger partial charge in [-0.25, -0.2) is 13.8 Å². The molecule has 0 aliphatic carbocycles. The highest BCUT2D eigenvalue weighted by Crippen LogP contribution is 2.31. The van der Waals surface area contributed by atoms with Crippen LogP contribution in [0.3, 0.4) is 0 Å². The Bertz CT molecular complexity index is 1670. The molecule has 0 fully saturated rings. The normalized spacial score (nSPS) is 11.6. The third-order valence-electron chi connectivity index (χ3n) is 6.27. The zero-order valence-electron chi connectivity index (χ0n) is 22.4. The minimum absolute atomic E-state index is 0.00619. The van der Waals surface area contributed by atoms with Crippen molar-refractivity contribution < 1.29 is 17.9 Å². The summed E-state index contributed by atoms with van der Waals surface area (Å²) in [5.41, 5.74) is 7.43. The molecule has 4 aromatic rings. The van der Waals surface area contributed by atoms with Gasteiger partial charge in [0.05, 0.1) is 28.4 Å². The van der Waals surface area contributed by atoms with E-state index >= 15 is 0 Å². The second kappa shape index (κ2) is 12.3.